The first-order valence-corrected chi connectivity index (χ1v) is 12.7. The first kappa shape index (κ1) is 23.3. The fraction of sp³-hybridized carbons (Fsp3) is 0.440. The third-order valence-electron chi connectivity index (χ3n) is 6.61. The third-order valence-corrected chi connectivity index (χ3v) is 7.81. The number of fused-ring (bicyclic) bond motifs is 2. The van der Waals surface area contributed by atoms with E-state index in [4.69, 9.17) is 9.47 Å². The third kappa shape index (κ3) is 4.62. The molecule has 2 aliphatic heterocycles. The van der Waals surface area contributed by atoms with Crippen LogP contribution >= 0.6 is 11.3 Å². The highest BCUT2D eigenvalue weighted by atomic mass is 32.1. The SMILES string of the molecule is Cc1c(C(=O)NC[C@H]2COc3ccccc3O2)sc2ncn(CC(=O)N3CCCC[C@@H]3C)c(=O)c12. The number of hydrogen-bond acceptors (Lipinski definition) is 7. The van der Waals surface area contributed by atoms with Crippen LogP contribution in [-0.4, -0.2) is 58.1 Å². The van der Waals surface area contributed by atoms with Gasteiger partial charge in [0.25, 0.3) is 11.5 Å². The highest BCUT2D eigenvalue weighted by Crippen LogP contribution is 2.31. The maximum atomic E-state index is 13.2. The standard InChI is InChI=1S/C25H28N4O5S/c1-15-7-5-6-10-29(15)20(30)12-28-14-27-24-21(25(28)32)16(2)22(35-24)23(31)26-11-17-13-33-18-8-3-4-9-19(18)34-17/h3-4,8-9,14-15,17H,5-7,10-13H2,1-2H3,(H,26,31)/t15-,17-/m0/s1. The Labute approximate surface area is 206 Å². The summed E-state index contributed by atoms with van der Waals surface area (Å²) in [6.07, 6.45) is 4.16. The van der Waals surface area contributed by atoms with E-state index in [1.165, 1.54) is 22.2 Å². The van der Waals surface area contributed by atoms with Gasteiger partial charge in [-0.1, -0.05) is 12.1 Å². The molecular formula is C25H28N4O5S. The van der Waals surface area contributed by atoms with Crippen LogP contribution in [0.25, 0.3) is 10.2 Å². The lowest BCUT2D eigenvalue weighted by Crippen LogP contribution is -2.44. The zero-order chi connectivity index (χ0) is 24.5. The molecule has 0 unspecified atom stereocenters. The number of aromatic nitrogens is 2. The Hall–Kier alpha value is -3.40. The van der Waals surface area contributed by atoms with Crippen molar-refractivity contribution in [3.63, 3.8) is 0 Å². The predicted octanol–water partition coefficient (Wildman–Crippen LogP) is 2.74. The second-order valence-corrected chi connectivity index (χ2v) is 10.1. The van der Waals surface area contributed by atoms with Gasteiger partial charge in [-0.3, -0.25) is 19.0 Å². The lowest BCUT2D eigenvalue weighted by Gasteiger charge is -2.33. The number of benzene rings is 1. The van der Waals surface area contributed by atoms with E-state index in [-0.39, 0.29) is 42.6 Å². The molecule has 2 atom stereocenters. The molecule has 1 fully saturated rings. The lowest BCUT2D eigenvalue weighted by atomic mass is 10.0. The topological polar surface area (TPSA) is 103 Å². The minimum absolute atomic E-state index is 0.0522. The first-order valence-electron chi connectivity index (χ1n) is 11.9. The van der Waals surface area contributed by atoms with E-state index >= 15 is 0 Å². The average Bonchev–Trinajstić information content (AvgIpc) is 3.21. The van der Waals surface area contributed by atoms with E-state index < -0.39 is 0 Å². The van der Waals surface area contributed by atoms with Crippen molar-refractivity contribution in [1.82, 2.24) is 19.8 Å². The lowest BCUT2D eigenvalue weighted by molar-refractivity contribution is -0.135. The van der Waals surface area contributed by atoms with Gasteiger partial charge < -0.3 is 19.7 Å². The molecule has 0 spiro atoms. The van der Waals surface area contributed by atoms with E-state index in [9.17, 15) is 14.4 Å². The Balaban J connectivity index is 1.29. The van der Waals surface area contributed by atoms with Crippen LogP contribution in [0.3, 0.4) is 0 Å². The number of ether oxygens (including phenoxy) is 2. The van der Waals surface area contributed by atoms with Crippen molar-refractivity contribution in [2.24, 2.45) is 0 Å². The minimum atomic E-state index is -0.318. The summed E-state index contributed by atoms with van der Waals surface area (Å²) in [5, 5.41) is 3.27. The van der Waals surface area contributed by atoms with Crippen molar-refractivity contribution in [2.45, 2.75) is 51.8 Å². The summed E-state index contributed by atoms with van der Waals surface area (Å²) in [5.74, 6) is 0.958. The summed E-state index contributed by atoms with van der Waals surface area (Å²) in [6, 6.07) is 7.58. The van der Waals surface area contributed by atoms with Gasteiger partial charge in [0.15, 0.2) is 11.5 Å². The number of likely N-dealkylation sites (tertiary alicyclic amines) is 1. The number of para-hydroxylation sites is 2. The van der Waals surface area contributed by atoms with Crippen molar-refractivity contribution in [2.75, 3.05) is 19.7 Å². The van der Waals surface area contributed by atoms with Crippen molar-refractivity contribution >= 4 is 33.4 Å². The number of thiophene rings is 1. The zero-order valence-electron chi connectivity index (χ0n) is 19.8. The second kappa shape index (κ2) is 9.69. The van der Waals surface area contributed by atoms with Crippen LogP contribution in [0.4, 0.5) is 0 Å². The van der Waals surface area contributed by atoms with Gasteiger partial charge in [-0.05, 0) is 50.8 Å². The second-order valence-electron chi connectivity index (χ2n) is 9.05. The maximum absolute atomic E-state index is 13.2. The van der Waals surface area contributed by atoms with E-state index in [1.807, 2.05) is 36.1 Å². The van der Waals surface area contributed by atoms with Crippen LogP contribution in [0.1, 0.15) is 41.4 Å². The molecule has 184 valence electrons. The molecule has 4 heterocycles. The molecule has 2 aromatic heterocycles. The number of amides is 2. The van der Waals surface area contributed by atoms with Gasteiger partial charge in [0, 0.05) is 12.6 Å². The highest BCUT2D eigenvalue weighted by Gasteiger charge is 2.26. The molecule has 1 saturated heterocycles. The number of nitrogens with zero attached hydrogens (tertiary/aromatic N) is 3. The molecule has 2 aliphatic rings. The predicted molar refractivity (Wildman–Crippen MR) is 132 cm³/mol. The molecule has 0 bridgehead atoms. The van der Waals surface area contributed by atoms with Crippen LogP contribution in [0.5, 0.6) is 11.5 Å². The van der Waals surface area contributed by atoms with Crippen molar-refractivity contribution in [3.05, 3.63) is 51.4 Å². The minimum Gasteiger partial charge on any atom is -0.486 e. The van der Waals surface area contributed by atoms with Crippen LogP contribution in [0.2, 0.25) is 0 Å². The van der Waals surface area contributed by atoms with Crippen molar-refractivity contribution in [1.29, 1.82) is 0 Å². The Kier molecular flexibility index (Phi) is 6.46. The van der Waals surface area contributed by atoms with Gasteiger partial charge in [-0.25, -0.2) is 4.98 Å². The van der Waals surface area contributed by atoms with Gasteiger partial charge >= 0.3 is 0 Å². The van der Waals surface area contributed by atoms with Gasteiger partial charge in [0.2, 0.25) is 5.91 Å². The highest BCUT2D eigenvalue weighted by molar-refractivity contribution is 7.20. The number of piperidine rings is 1. The van der Waals surface area contributed by atoms with Crippen LogP contribution in [0, 0.1) is 6.92 Å². The molecule has 9 nitrogen and oxygen atoms in total. The van der Waals surface area contributed by atoms with E-state index in [1.54, 1.807) is 6.92 Å². The summed E-state index contributed by atoms with van der Waals surface area (Å²) in [7, 11) is 0. The molecule has 0 aliphatic carbocycles. The normalized spacial score (nSPS) is 19.5. The molecule has 2 amide bonds. The monoisotopic (exact) mass is 496 g/mol. The Morgan fingerprint density at radius 3 is 2.83 bits per heavy atom. The molecule has 1 N–H and O–H groups in total. The van der Waals surface area contributed by atoms with Crippen molar-refractivity contribution < 1.29 is 19.1 Å². The van der Waals surface area contributed by atoms with Crippen LogP contribution in [-0.2, 0) is 11.3 Å². The molecule has 0 saturated carbocycles. The fourth-order valence-electron chi connectivity index (χ4n) is 4.64. The summed E-state index contributed by atoms with van der Waals surface area (Å²) in [4.78, 5) is 46.1. The molecule has 35 heavy (non-hydrogen) atoms. The average molecular weight is 497 g/mol. The van der Waals surface area contributed by atoms with E-state index in [0.717, 1.165) is 19.3 Å². The largest absolute Gasteiger partial charge is 0.486 e. The number of nitrogens with one attached hydrogen (secondary N) is 1. The Morgan fingerprint density at radius 2 is 2.03 bits per heavy atom. The summed E-state index contributed by atoms with van der Waals surface area (Å²) >= 11 is 1.17. The summed E-state index contributed by atoms with van der Waals surface area (Å²) in [6.45, 7) is 5.04. The molecule has 5 rings (SSSR count). The molecular weight excluding hydrogens is 468 g/mol. The van der Waals surface area contributed by atoms with Crippen molar-refractivity contribution in [3.8, 4) is 11.5 Å². The molecule has 10 heteroatoms. The summed E-state index contributed by atoms with van der Waals surface area (Å²) in [5.41, 5.74) is 0.265. The van der Waals surface area contributed by atoms with Gasteiger partial charge in [-0.2, -0.15) is 0 Å². The smallest absolute Gasteiger partial charge is 0.262 e. The number of rotatable bonds is 5. The fourth-order valence-corrected chi connectivity index (χ4v) is 5.70. The van der Waals surface area contributed by atoms with E-state index in [2.05, 4.69) is 10.3 Å². The number of carbonyl (C=O) groups is 2. The maximum Gasteiger partial charge on any atom is 0.262 e. The number of aryl methyl sites for hydroxylation is 1. The van der Waals surface area contributed by atoms with Gasteiger partial charge in [0.05, 0.1) is 23.1 Å². The summed E-state index contributed by atoms with van der Waals surface area (Å²) < 4.78 is 12.9. The van der Waals surface area contributed by atoms with Crippen LogP contribution < -0.4 is 20.3 Å². The van der Waals surface area contributed by atoms with Gasteiger partial charge in [0.1, 0.15) is 24.1 Å². The zero-order valence-corrected chi connectivity index (χ0v) is 20.6. The van der Waals surface area contributed by atoms with Gasteiger partial charge in [-0.15, -0.1) is 11.3 Å². The first-order chi connectivity index (χ1) is 16.9. The number of carbonyl (C=O) groups excluding carboxylic acids is 2. The van der Waals surface area contributed by atoms with E-state index in [0.29, 0.717) is 45.3 Å². The number of hydrogen-bond donors (Lipinski definition) is 1. The quantitative estimate of drug-likeness (QED) is 0.583. The molecule has 3 aromatic rings. The molecule has 0 radical (unpaired) electrons. The van der Waals surface area contributed by atoms with Crippen LogP contribution in [0.15, 0.2) is 35.4 Å². The Bertz CT molecular complexity index is 1330. The Morgan fingerprint density at radius 1 is 1.23 bits per heavy atom. The molecule has 1 aromatic carbocycles.